The van der Waals surface area contributed by atoms with E-state index in [-0.39, 0.29) is 5.91 Å². The number of benzene rings is 3. The second kappa shape index (κ2) is 7.74. The van der Waals surface area contributed by atoms with Crippen LogP contribution in [0, 0.1) is 0 Å². The highest BCUT2D eigenvalue weighted by Crippen LogP contribution is 2.39. The van der Waals surface area contributed by atoms with Crippen LogP contribution in [-0.4, -0.2) is 10.9 Å². The molecule has 0 unspecified atom stereocenters. The molecule has 0 saturated heterocycles. The quantitative estimate of drug-likeness (QED) is 0.439. The van der Waals surface area contributed by atoms with Crippen LogP contribution in [0.3, 0.4) is 0 Å². The summed E-state index contributed by atoms with van der Waals surface area (Å²) < 4.78 is 0. The minimum absolute atomic E-state index is 0.174. The highest BCUT2D eigenvalue weighted by Gasteiger charge is 2.17. The second-order valence-corrected chi connectivity index (χ2v) is 7.33. The number of aromatic nitrogens is 1. The summed E-state index contributed by atoms with van der Waals surface area (Å²) in [5, 5.41) is 4.15. The van der Waals surface area contributed by atoms with Crippen molar-refractivity contribution in [3.63, 3.8) is 0 Å². The maximum Gasteiger partial charge on any atom is 0.257 e. The topological polar surface area (TPSA) is 42.0 Å². The first-order valence-electron chi connectivity index (χ1n) is 8.39. The Morgan fingerprint density at radius 3 is 2.11 bits per heavy atom. The highest BCUT2D eigenvalue weighted by atomic mass is 35.5. The first-order valence-corrected chi connectivity index (χ1v) is 9.59. The number of hydrogen-bond acceptors (Lipinski definition) is 3. The van der Waals surface area contributed by atoms with Gasteiger partial charge in [0.15, 0.2) is 5.13 Å². The lowest BCUT2D eigenvalue weighted by molar-refractivity contribution is 0.102. The third-order valence-corrected chi connectivity index (χ3v) is 5.31. The molecule has 3 aromatic carbocycles. The van der Waals surface area contributed by atoms with Gasteiger partial charge in [-0.2, -0.15) is 0 Å². The van der Waals surface area contributed by atoms with E-state index in [0.717, 1.165) is 21.7 Å². The van der Waals surface area contributed by atoms with E-state index in [9.17, 15) is 4.79 Å². The largest absolute Gasteiger partial charge is 0.298 e. The Kier molecular flexibility index (Phi) is 5.01. The molecule has 1 aromatic heterocycles. The van der Waals surface area contributed by atoms with Crippen LogP contribution in [0.1, 0.15) is 10.4 Å². The Bertz CT molecular complexity index is 1060. The molecule has 3 nitrogen and oxygen atoms in total. The Labute approximate surface area is 166 Å². The predicted octanol–water partition coefficient (Wildman–Crippen LogP) is 6.38. The molecule has 5 heteroatoms. The lowest BCUT2D eigenvalue weighted by Gasteiger charge is -2.02. The van der Waals surface area contributed by atoms with E-state index in [2.05, 4.69) is 5.32 Å². The molecule has 0 atom stereocenters. The van der Waals surface area contributed by atoms with Gasteiger partial charge in [0.25, 0.3) is 5.91 Å². The van der Waals surface area contributed by atoms with Gasteiger partial charge in [-0.3, -0.25) is 10.1 Å². The number of nitrogens with one attached hydrogen (secondary N) is 1. The van der Waals surface area contributed by atoms with Crippen molar-refractivity contribution in [1.82, 2.24) is 4.98 Å². The monoisotopic (exact) mass is 390 g/mol. The molecule has 0 fully saturated rings. The molecule has 1 heterocycles. The average Bonchev–Trinajstić information content (AvgIpc) is 3.13. The van der Waals surface area contributed by atoms with Crippen LogP contribution in [0.5, 0.6) is 0 Å². The number of hydrogen-bond donors (Lipinski definition) is 1. The molecule has 1 N–H and O–H groups in total. The molecule has 4 aromatic rings. The average molecular weight is 391 g/mol. The van der Waals surface area contributed by atoms with E-state index in [1.54, 1.807) is 12.1 Å². The zero-order chi connectivity index (χ0) is 18.6. The van der Waals surface area contributed by atoms with Gasteiger partial charge < -0.3 is 0 Å². The van der Waals surface area contributed by atoms with Crippen molar-refractivity contribution in [2.24, 2.45) is 0 Å². The van der Waals surface area contributed by atoms with Crippen LogP contribution in [0.2, 0.25) is 5.02 Å². The molecule has 0 aliphatic carbocycles. The maximum absolute atomic E-state index is 12.5. The molecule has 0 radical (unpaired) electrons. The summed E-state index contributed by atoms with van der Waals surface area (Å²) in [6.07, 6.45) is 0. The summed E-state index contributed by atoms with van der Waals surface area (Å²) >= 11 is 7.48. The number of anilines is 1. The van der Waals surface area contributed by atoms with E-state index < -0.39 is 0 Å². The van der Waals surface area contributed by atoms with Crippen LogP contribution < -0.4 is 5.32 Å². The zero-order valence-corrected chi connectivity index (χ0v) is 15.8. The van der Waals surface area contributed by atoms with Gasteiger partial charge in [-0.25, -0.2) is 4.98 Å². The van der Waals surface area contributed by atoms with Crippen molar-refractivity contribution >= 4 is 34.0 Å². The number of amides is 1. The number of rotatable bonds is 4. The molecule has 0 spiro atoms. The Hall–Kier alpha value is -2.95. The van der Waals surface area contributed by atoms with E-state index in [4.69, 9.17) is 16.6 Å². The van der Waals surface area contributed by atoms with Gasteiger partial charge in [0.2, 0.25) is 0 Å². The molecule has 132 valence electrons. The number of halogens is 1. The van der Waals surface area contributed by atoms with Crippen molar-refractivity contribution in [3.8, 4) is 21.7 Å². The summed E-state index contributed by atoms with van der Waals surface area (Å²) in [6, 6.07) is 26.7. The first kappa shape index (κ1) is 17.5. The summed E-state index contributed by atoms with van der Waals surface area (Å²) in [7, 11) is 0. The van der Waals surface area contributed by atoms with E-state index >= 15 is 0 Å². The minimum Gasteiger partial charge on any atom is -0.298 e. The summed E-state index contributed by atoms with van der Waals surface area (Å²) in [6.45, 7) is 0. The van der Waals surface area contributed by atoms with E-state index in [1.807, 2.05) is 72.8 Å². The number of carbonyl (C=O) groups excluding carboxylic acids is 1. The standard InChI is InChI=1S/C22H15ClN2OS/c23-18-13-11-15(12-14-18)19-20(16-7-3-1-4-8-16)27-22(24-19)25-21(26)17-9-5-2-6-10-17/h1-14H,(H,24,25,26). The van der Waals surface area contributed by atoms with Crippen molar-refractivity contribution in [3.05, 3.63) is 95.5 Å². The predicted molar refractivity (Wildman–Crippen MR) is 112 cm³/mol. The second-order valence-electron chi connectivity index (χ2n) is 5.89. The summed E-state index contributed by atoms with van der Waals surface area (Å²) in [4.78, 5) is 18.2. The van der Waals surface area contributed by atoms with Crippen LogP contribution in [0.15, 0.2) is 84.9 Å². The molecular formula is C22H15ClN2OS. The van der Waals surface area contributed by atoms with E-state index in [0.29, 0.717) is 15.7 Å². The van der Waals surface area contributed by atoms with Gasteiger partial charge in [0, 0.05) is 16.1 Å². The Morgan fingerprint density at radius 2 is 1.44 bits per heavy atom. The van der Waals surface area contributed by atoms with Crippen molar-refractivity contribution in [2.45, 2.75) is 0 Å². The fraction of sp³-hybridized carbons (Fsp3) is 0. The number of thiazole rings is 1. The zero-order valence-electron chi connectivity index (χ0n) is 14.2. The molecular weight excluding hydrogens is 376 g/mol. The van der Waals surface area contributed by atoms with E-state index in [1.165, 1.54) is 11.3 Å². The number of nitrogens with zero attached hydrogens (tertiary/aromatic N) is 1. The van der Waals surface area contributed by atoms with Crippen molar-refractivity contribution in [1.29, 1.82) is 0 Å². The lowest BCUT2D eigenvalue weighted by atomic mass is 10.1. The SMILES string of the molecule is O=C(Nc1nc(-c2ccc(Cl)cc2)c(-c2ccccc2)s1)c1ccccc1. The van der Waals surface area contributed by atoms with Gasteiger partial charge in [0.05, 0.1) is 10.6 Å². The summed E-state index contributed by atoms with van der Waals surface area (Å²) in [5.41, 5.74) is 3.43. The molecule has 0 aliphatic heterocycles. The van der Waals surface area contributed by atoms with Gasteiger partial charge in [0.1, 0.15) is 0 Å². The minimum atomic E-state index is -0.174. The van der Waals surface area contributed by atoms with Crippen LogP contribution >= 0.6 is 22.9 Å². The molecule has 1 amide bonds. The third-order valence-electron chi connectivity index (χ3n) is 4.04. The van der Waals surface area contributed by atoms with Gasteiger partial charge in [-0.1, -0.05) is 83.6 Å². The molecule has 0 bridgehead atoms. The van der Waals surface area contributed by atoms with Gasteiger partial charge >= 0.3 is 0 Å². The molecule has 0 aliphatic rings. The van der Waals surface area contributed by atoms with Crippen LogP contribution in [0.4, 0.5) is 5.13 Å². The highest BCUT2D eigenvalue weighted by molar-refractivity contribution is 7.19. The van der Waals surface area contributed by atoms with Crippen molar-refractivity contribution < 1.29 is 4.79 Å². The van der Waals surface area contributed by atoms with Gasteiger partial charge in [-0.15, -0.1) is 0 Å². The number of carbonyl (C=O) groups is 1. The molecule has 0 saturated carbocycles. The molecule has 4 rings (SSSR count). The fourth-order valence-corrected chi connectivity index (χ4v) is 3.84. The fourth-order valence-electron chi connectivity index (χ4n) is 2.72. The normalized spacial score (nSPS) is 10.6. The maximum atomic E-state index is 12.5. The smallest absolute Gasteiger partial charge is 0.257 e. The van der Waals surface area contributed by atoms with Crippen molar-refractivity contribution in [2.75, 3.05) is 5.32 Å². The Balaban J connectivity index is 1.74. The summed E-state index contributed by atoms with van der Waals surface area (Å²) in [5.74, 6) is -0.174. The van der Waals surface area contributed by atoms with Crippen LogP contribution in [0.25, 0.3) is 21.7 Å². The van der Waals surface area contributed by atoms with Crippen LogP contribution in [-0.2, 0) is 0 Å². The third kappa shape index (κ3) is 3.92. The first-order chi connectivity index (χ1) is 13.2. The lowest BCUT2D eigenvalue weighted by Crippen LogP contribution is -2.11. The van der Waals surface area contributed by atoms with Gasteiger partial charge in [-0.05, 0) is 29.8 Å². The Morgan fingerprint density at radius 1 is 0.815 bits per heavy atom. The molecule has 27 heavy (non-hydrogen) atoms.